The summed E-state index contributed by atoms with van der Waals surface area (Å²) in [6.07, 6.45) is 1.00. The second kappa shape index (κ2) is 8.36. The van der Waals surface area contributed by atoms with E-state index in [1.807, 2.05) is 30.3 Å². The number of fused-ring (bicyclic) bond motifs is 1. The smallest absolute Gasteiger partial charge is 0.161 e. The zero-order chi connectivity index (χ0) is 19.3. The molecule has 4 nitrogen and oxygen atoms in total. The lowest BCUT2D eigenvalue weighted by atomic mass is 9.98. The Kier molecular flexibility index (Phi) is 5.49. The van der Waals surface area contributed by atoms with E-state index in [0.29, 0.717) is 6.61 Å². The minimum atomic E-state index is 0.539. The molecular weight excluding hydrogens is 348 g/mol. The molecule has 0 saturated carbocycles. The fourth-order valence-electron chi connectivity index (χ4n) is 3.71. The number of nitrogen functional groups attached to an aromatic ring is 1. The van der Waals surface area contributed by atoms with Crippen LogP contribution in [0.25, 0.3) is 0 Å². The first kappa shape index (κ1) is 18.4. The zero-order valence-electron chi connectivity index (χ0n) is 16.2. The summed E-state index contributed by atoms with van der Waals surface area (Å²) in [6, 6.07) is 22.6. The van der Waals surface area contributed by atoms with E-state index in [-0.39, 0.29) is 0 Å². The van der Waals surface area contributed by atoms with Gasteiger partial charge in [-0.1, -0.05) is 42.5 Å². The molecule has 0 fully saturated rings. The van der Waals surface area contributed by atoms with E-state index in [2.05, 4.69) is 41.3 Å². The maximum atomic E-state index is 6.06. The number of ether oxygens (including phenoxy) is 2. The van der Waals surface area contributed by atoms with Gasteiger partial charge in [-0.25, -0.2) is 0 Å². The molecule has 1 aliphatic heterocycles. The van der Waals surface area contributed by atoms with Crippen LogP contribution in [0, 0.1) is 0 Å². The van der Waals surface area contributed by atoms with Gasteiger partial charge in [0.25, 0.3) is 0 Å². The average molecular weight is 374 g/mol. The van der Waals surface area contributed by atoms with Crippen molar-refractivity contribution in [3.05, 3.63) is 89.0 Å². The number of hydrogen-bond acceptors (Lipinski definition) is 4. The Balaban J connectivity index is 1.48. The van der Waals surface area contributed by atoms with Crippen LogP contribution in [0.1, 0.15) is 22.3 Å². The molecule has 0 spiro atoms. The minimum Gasteiger partial charge on any atom is -0.493 e. The van der Waals surface area contributed by atoms with Crippen LogP contribution in [0.15, 0.2) is 66.7 Å². The lowest BCUT2D eigenvalue weighted by Crippen LogP contribution is -2.30. The molecule has 4 heteroatoms. The van der Waals surface area contributed by atoms with Crippen LogP contribution in [-0.4, -0.2) is 18.6 Å². The molecule has 0 bridgehead atoms. The van der Waals surface area contributed by atoms with E-state index < -0.39 is 0 Å². The van der Waals surface area contributed by atoms with Gasteiger partial charge in [-0.2, -0.15) is 0 Å². The molecular formula is C24H26N2O2. The molecule has 3 aromatic rings. The second-order valence-electron chi connectivity index (χ2n) is 7.25. The maximum Gasteiger partial charge on any atom is 0.161 e. The monoisotopic (exact) mass is 374 g/mol. The van der Waals surface area contributed by atoms with E-state index in [9.17, 15) is 0 Å². The normalized spacial score (nSPS) is 13.8. The first-order chi connectivity index (χ1) is 13.7. The molecule has 0 aliphatic carbocycles. The number of nitrogens with zero attached hydrogens (tertiary/aromatic N) is 1. The molecule has 0 amide bonds. The van der Waals surface area contributed by atoms with E-state index in [4.69, 9.17) is 15.2 Å². The molecule has 0 radical (unpaired) electrons. The maximum absolute atomic E-state index is 6.06. The highest BCUT2D eigenvalue weighted by atomic mass is 16.5. The van der Waals surface area contributed by atoms with E-state index in [1.165, 1.54) is 16.7 Å². The Morgan fingerprint density at radius 2 is 1.68 bits per heavy atom. The molecule has 3 aromatic carbocycles. The highest BCUT2D eigenvalue weighted by Crippen LogP contribution is 2.34. The van der Waals surface area contributed by atoms with Crippen LogP contribution in [0.3, 0.4) is 0 Å². The molecule has 2 N–H and O–H groups in total. The van der Waals surface area contributed by atoms with Crippen molar-refractivity contribution in [3.63, 3.8) is 0 Å². The van der Waals surface area contributed by atoms with Crippen LogP contribution in [0.4, 0.5) is 5.69 Å². The van der Waals surface area contributed by atoms with Gasteiger partial charge in [0.15, 0.2) is 11.5 Å². The van der Waals surface area contributed by atoms with Gasteiger partial charge in [0.05, 0.1) is 7.11 Å². The molecule has 1 aliphatic rings. The highest BCUT2D eigenvalue weighted by Gasteiger charge is 2.20. The number of methoxy groups -OCH3 is 1. The van der Waals surface area contributed by atoms with Crippen LogP contribution >= 0.6 is 0 Å². The van der Waals surface area contributed by atoms with Crippen LogP contribution in [0.2, 0.25) is 0 Å². The Labute approximate surface area is 166 Å². The van der Waals surface area contributed by atoms with Crippen LogP contribution < -0.4 is 15.2 Å². The first-order valence-corrected chi connectivity index (χ1v) is 9.64. The average Bonchev–Trinajstić information content (AvgIpc) is 2.72. The number of benzene rings is 3. The molecule has 144 valence electrons. The largest absolute Gasteiger partial charge is 0.493 e. The van der Waals surface area contributed by atoms with Gasteiger partial charge in [0.1, 0.15) is 6.61 Å². The third kappa shape index (κ3) is 4.29. The van der Waals surface area contributed by atoms with Crippen molar-refractivity contribution < 1.29 is 9.47 Å². The van der Waals surface area contributed by atoms with Gasteiger partial charge >= 0.3 is 0 Å². The van der Waals surface area contributed by atoms with E-state index in [0.717, 1.165) is 48.8 Å². The third-order valence-corrected chi connectivity index (χ3v) is 5.17. The Morgan fingerprint density at radius 1 is 0.893 bits per heavy atom. The van der Waals surface area contributed by atoms with Crippen molar-refractivity contribution in [2.75, 3.05) is 19.4 Å². The quantitative estimate of drug-likeness (QED) is 0.649. The molecule has 0 unspecified atom stereocenters. The lowest BCUT2D eigenvalue weighted by Gasteiger charge is -2.29. The van der Waals surface area contributed by atoms with Crippen molar-refractivity contribution in [1.82, 2.24) is 4.90 Å². The minimum absolute atomic E-state index is 0.539. The van der Waals surface area contributed by atoms with E-state index >= 15 is 0 Å². The molecule has 4 rings (SSSR count). The van der Waals surface area contributed by atoms with Gasteiger partial charge in [0.2, 0.25) is 0 Å². The van der Waals surface area contributed by atoms with Gasteiger partial charge in [-0.05, 0) is 52.9 Å². The lowest BCUT2D eigenvalue weighted by molar-refractivity contribution is 0.242. The third-order valence-electron chi connectivity index (χ3n) is 5.17. The standard InChI is InChI=1S/C24H26N2O2/c1-27-23-14-21-16-26(15-19-8-5-9-22(25)12-19)11-10-20(21)13-24(23)28-17-18-6-3-2-4-7-18/h2-9,12-14H,10-11,15-17,25H2,1H3. The van der Waals surface area contributed by atoms with Crippen molar-refractivity contribution >= 4 is 5.69 Å². The first-order valence-electron chi connectivity index (χ1n) is 9.64. The topological polar surface area (TPSA) is 47.7 Å². The molecule has 0 aromatic heterocycles. The Bertz CT molecular complexity index is 941. The van der Waals surface area contributed by atoms with Gasteiger partial charge in [0, 0.05) is 25.3 Å². The summed E-state index contributed by atoms with van der Waals surface area (Å²) < 4.78 is 11.7. The predicted octanol–water partition coefficient (Wildman–Crippen LogP) is 4.41. The number of hydrogen-bond donors (Lipinski definition) is 1. The van der Waals surface area contributed by atoms with Gasteiger partial charge < -0.3 is 15.2 Å². The molecule has 28 heavy (non-hydrogen) atoms. The number of rotatable bonds is 6. The Hall–Kier alpha value is -2.98. The van der Waals surface area contributed by atoms with E-state index in [1.54, 1.807) is 7.11 Å². The summed E-state index contributed by atoms with van der Waals surface area (Å²) in [7, 11) is 1.70. The highest BCUT2D eigenvalue weighted by molar-refractivity contribution is 5.48. The summed E-state index contributed by atoms with van der Waals surface area (Å²) >= 11 is 0. The molecule has 0 atom stereocenters. The fraction of sp³-hybridized carbons (Fsp3) is 0.250. The number of anilines is 1. The summed E-state index contributed by atoms with van der Waals surface area (Å²) in [5.74, 6) is 1.61. The summed E-state index contributed by atoms with van der Waals surface area (Å²) in [4.78, 5) is 2.45. The number of nitrogens with two attached hydrogens (primary N) is 1. The second-order valence-corrected chi connectivity index (χ2v) is 7.25. The van der Waals surface area contributed by atoms with Gasteiger partial charge in [-0.3, -0.25) is 4.90 Å². The SMILES string of the molecule is COc1cc2c(cc1OCc1ccccc1)CCN(Cc1cccc(N)c1)C2. The molecule has 0 saturated heterocycles. The van der Waals surface area contributed by atoms with Crippen molar-refractivity contribution in [1.29, 1.82) is 0 Å². The summed E-state index contributed by atoms with van der Waals surface area (Å²) in [5.41, 5.74) is 11.8. The van der Waals surface area contributed by atoms with Crippen LogP contribution in [0.5, 0.6) is 11.5 Å². The van der Waals surface area contributed by atoms with Gasteiger partial charge in [-0.15, -0.1) is 0 Å². The van der Waals surface area contributed by atoms with Crippen LogP contribution in [-0.2, 0) is 26.1 Å². The Morgan fingerprint density at radius 3 is 2.46 bits per heavy atom. The van der Waals surface area contributed by atoms with Crippen molar-refractivity contribution in [3.8, 4) is 11.5 Å². The summed E-state index contributed by atoms with van der Waals surface area (Å²) in [5, 5.41) is 0. The van der Waals surface area contributed by atoms with Crippen molar-refractivity contribution in [2.24, 2.45) is 0 Å². The molecule has 1 heterocycles. The fourth-order valence-corrected chi connectivity index (χ4v) is 3.71. The predicted molar refractivity (Wildman–Crippen MR) is 112 cm³/mol. The van der Waals surface area contributed by atoms with Crippen molar-refractivity contribution in [2.45, 2.75) is 26.1 Å². The zero-order valence-corrected chi connectivity index (χ0v) is 16.2. The summed E-state index contributed by atoms with van der Waals surface area (Å²) in [6.45, 7) is 3.36.